The lowest BCUT2D eigenvalue weighted by Gasteiger charge is -2.17. The summed E-state index contributed by atoms with van der Waals surface area (Å²) in [5.74, 6) is -1.27. The lowest BCUT2D eigenvalue weighted by Crippen LogP contribution is -2.37. The Kier molecular flexibility index (Phi) is 6.25. The number of hydrogen-bond donors (Lipinski definition) is 3. The highest BCUT2D eigenvalue weighted by Gasteiger charge is 2.30. The third-order valence-corrected chi connectivity index (χ3v) is 5.93. The van der Waals surface area contributed by atoms with Gasteiger partial charge in [0.05, 0.1) is 6.42 Å². The molecule has 2 aromatic carbocycles. The van der Waals surface area contributed by atoms with E-state index in [4.69, 9.17) is 9.84 Å². The molecule has 0 radical (unpaired) electrons. The topological polar surface area (TPSA) is 105 Å². The second-order valence-electron chi connectivity index (χ2n) is 8.31. The summed E-state index contributed by atoms with van der Waals surface area (Å²) in [6.07, 6.45) is 2.04. The van der Waals surface area contributed by atoms with E-state index in [1.54, 1.807) is 13.0 Å². The Labute approximate surface area is 186 Å². The van der Waals surface area contributed by atoms with Crippen LogP contribution in [0, 0.1) is 0 Å². The molecule has 7 nitrogen and oxygen atoms in total. The summed E-state index contributed by atoms with van der Waals surface area (Å²) in [5, 5.41) is 14.3. The Morgan fingerprint density at radius 3 is 2.31 bits per heavy atom. The van der Waals surface area contributed by atoms with Crippen LogP contribution in [0.15, 0.2) is 60.2 Å². The monoisotopic (exact) mass is 434 g/mol. The number of fused-ring (bicyclic) bond motifs is 3. The predicted molar refractivity (Wildman–Crippen MR) is 119 cm³/mol. The van der Waals surface area contributed by atoms with Crippen molar-refractivity contribution in [3.63, 3.8) is 0 Å². The van der Waals surface area contributed by atoms with Gasteiger partial charge in [-0.15, -0.1) is 0 Å². The lowest BCUT2D eigenvalue weighted by molar-refractivity contribution is -0.137. The van der Waals surface area contributed by atoms with Crippen LogP contribution in [0.1, 0.15) is 43.2 Å². The van der Waals surface area contributed by atoms with Crippen LogP contribution in [0.5, 0.6) is 0 Å². The Hall–Kier alpha value is -3.61. The standard InChI is InChI=1S/C25H26N2O5/c1-15(12-23(28)29)26-24(30)16-10-11-17(13-16)27-25(31)32-14-22-20-8-4-2-6-18(20)19-7-3-5-9-21(19)22/h2-10,15,17,22H,11-14H2,1H3,(H,26,30)(H,27,31)(H,28,29)/t15-,17?/m0/s1. The third-order valence-electron chi connectivity index (χ3n) is 5.93. The van der Waals surface area contributed by atoms with Crippen LogP contribution in [0.25, 0.3) is 11.1 Å². The average Bonchev–Trinajstić information content (AvgIpc) is 3.34. The third kappa shape index (κ3) is 4.66. The fourth-order valence-electron chi connectivity index (χ4n) is 4.45. The van der Waals surface area contributed by atoms with E-state index in [9.17, 15) is 14.4 Å². The molecule has 2 atom stereocenters. The molecule has 32 heavy (non-hydrogen) atoms. The SMILES string of the molecule is C[C@@H](CC(=O)O)NC(=O)C1=CCC(NC(=O)OCC2c3ccccc3-c3ccccc32)C1. The molecule has 0 aromatic heterocycles. The molecule has 0 aliphatic heterocycles. The zero-order valence-electron chi connectivity index (χ0n) is 17.8. The molecule has 0 saturated heterocycles. The van der Waals surface area contributed by atoms with Gasteiger partial charge in [0.2, 0.25) is 5.91 Å². The van der Waals surface area contributed by atoms with Gasteiger partial charge in [-0.2, -0.15) is 0 Å². The molecule has 1 unspecified atom stereocenters. The number of carboxylic acids is 1. The minimum atomic E-state index is -0.965. The average molecular weight is 434 g/mol. The summed E-state index contributed by atoms with van der Waals surface area (Å²) in [5.41, 5.74) is 5.19. The highest BCUT2D eigenvalue weighted by atomic mass is 16.5. The number of amides is 2. The molecule has 2 amide bonds. The fourth-order valence-corrected chi connectivity index (χ4v) is 4.45. The first-order chi connectivity index (χ1) is 15.4. The van der Waals surface area contributed by atoms with Crippen LogP contribution in [-0.2, 0) is 14.3 Å². The van der Waals surface area contributed by atoms with E-state index < -0.39 is 18.1 Å². The fraction of sp³-hybridized carbons (Fsp3) is 0.320. The maximum Gasteiger partial charge on any atom is 0.407 e. The molecule has 0 fully saturated rings. The largest absolute Gasteiger partial charge is 0.481 e. The van der Waals surface area contributed by atoms with Crippen LogP contribution >= 0.6 is 0 Å². The molecule has 0 saturated carbocycles. The molecular formula is C25H26N2O5. The molecule has 166 valence electrons. The number of hydrogen-bond acceptors (Lipinski definition) is 4. The molecule has 0 spiro atoms. The zero-order valence-corrected chi connectivity index (χ0v) is 17.8. The number of ether oxygens (including phenoxy) is 1. The van der Waals surface area contributed by atoms with E-state index >= 15 is 0 Å². The minimum Gasteiger partial charge on any atom is -0.481 e. The molecule has 2 aliphatic carbocycles. The van der Waals surface area contributed by atoms with Crippen molar-refractivity contribution in [2.45, 2.75) is 44.2 Å². The second-order valence-corrected chi connectivity index (χ2v) is 8.31. The number of alkyl carbamates (subject to hydrolysis) is 1. The van der Waals surface area contributed by atoms with Crippen LogP contribution in [-0.4, -0.2) is 41.8 Å². The van der Waals surface area contributed by atoms with Gasteiger partial charge in [0.25, 0.3) is 0 Å². The highest BCUT2D eigenvalue weighted by molar-refractivity contribution is 5.94. The van der Waals surface area contributed by atoms with Crippen molar-refractivity contribution in [1.29, 1.82) is 0 Å². The van der Waals surface area contributed by atoms with Gasteiger partial charge in [-0.1, -0.05) is 54.6 Å². The van der Waals surface area contributed by atoms with E-state index in [0.717, 1.165) is 11.1 Å². The van der Waals surface area contributed by atoms with Crippen molar-refractivity contribution in [2.75, 3.05) is 6.61 Å². The molecule has 2 aliphatic rings. The summed E-state index contributed by atoms with van der Waals surface area (Å²) in [7, 11) is 0. The van der Waals surface area contributed by atoms with E-state index in [-0.39, 0.29) is 30.9 Å². The molecular weight excluding hydrogens is 408 g/mol. The first-order valence-electron chi connectivity index (χ1n) is 10.8. The summed E-state index contributed by atoms with van der Waals surface area (Å²) in [6.45, 7) is 1.88. The van der Waals surface area contributed by atoms with Gasteiger partial charge in [0.1, 0.15) is 6.61 Å². The number of carboxylic acid groups (broad SMARTS) is 1. The van der Waals surface area contributed by atoms with Crippen molar-refractivity contribution < 1.29 is 24.2 Å². The van der Waals surface area contributed by atoms with Crippen molar-refractivity contribution in [3.8, 4) is 11.1 Å². The van der Waals surface area contributed by atoms with Gasteiger partial charge in [0, 0.05) is 23.6 Å². The smallest absolute Gasteiger partial charge is 0.407 e. The second kappa shape index (κ2) is 9.26. The van der Waals surface area contributed by atoms with Crippen LogP contribution < -0.4 is 10.6 Å². The van der Waals surface area contributed by atoms with Crippen molar-refractivity contribution in [1.82, 2.24) is 10.6 Å². The molecule has 2 aromatic rings. The van der Waals surface area contributed by atoms with Gasteiger partial charge in [-0.3, -0.25) is 9.59 Å². The van der Waals surface area contributed by atoms with E-state index in [2.05, 4.69) is 34.9 Å². The maximum atomic E-state index is 12.4. The highest BCUT2D eigenvalue weighted by Crippen LogP contribution is 2.44. The number of benzene rings is 2. The normalized spacial score (nSPS) is 17.7. The van der Waals surface area contributed by atoms with Crippen LogP contribution in [0.4, 0.5) is 4.79 Å². The van der Waals surface area contributed by atoms with Crippen molar-refractivity contribution >= 4 is 18.0 Å². The molecule has 7 heteroatoms. The Bertz CT molecular complexity index is 1030. The van der Waals surface area contributed by atoms with Crippen molar-refractivity contribution in [3.05, 3.63) is 71.3 Å². The Balaban J connectivity index is 1.29. The molecule has 0 heterocycles. The van der Waals surface area contributed by atoms with Gasteiger partial charge in [0.15, 0.2) is 0 Å². The van der Waals surface area contributed by atoms with Gasteiger partial charge < -0.3 is 20.5 Å². The summed E-state index contributed by atoms with van der Waals surface area (Å²) >= 11 is 0. The summed E-state index contributed by atoms with van der Waals surface area (Å²) < 4.78 is 5.57. The number of aliphatic carboxylic acids is 1. The van der Waals surface area contributed by atoms with E-state index in [0.29, 0.717) is 18.4 Å². The van der Waals surface area contributed by atoms with Gasteiger partial charge in [-0.05, 0) is 42.0 Å². The molecule has 0 bridgehead atoms. The first kappa shape index (κ1) is 21.6. The number of carbonyl (C=O) groups excluding carboxylic acids is 2. The molecule has 4 rings (SSSR count). The van der Waals surface area contributed by atoms with Crippen LogP contribution in [0.2, 0.25) is 0 Å². The zero-order chi connectivity index (χ0) is 22.7. The Morgan fingerprint density at radius 2 is 1.69 bits per heavy atom. The maximum absolute atomic E-state index is 12.4. The number of nitrogens with one attached hydrogen (secondary N) is 2. The lowest BCUT2D eigenvalue weighted by atomic mass is 9.98. The van der Waals surface area contributed by atoms with E-state index in [1.807, 2.05) is 24.3 Å². The summed E-state index contributed by atoms with van der Waals surface area (Å²) in [6, 6.07) is 15.6. The Morgan fingerprint density at radius 1 is 1.06 bits per heavy atom. The van der Waals surface area contributed by atoms with E-state index in [1.165, 1.54) is 11.1 Å². The van der Waals surface area contributed by atoms with Crippen LogP contribution in [0.3, 0.4) is 0 Å². The molecule has 3 N–H and O–H groups in total. The van der Waals surface area contributed by atoms with Gasteiger partial charge in [-0.25, -0.2) is 4.79 Å². The number of rotatable bonds is 7. The minimum absolute atomic E-state index is 0.00749. The predicted octanol–water partition coefficient (Wildman–Crippen LogP) is 3.59. The first-order valence-corrected chi connectivity index (χ1v) is 10.8. The number of carbonyl (C=O) groups is 3. The summed E-state index contributed by atoms with van der Waals surface area (Å²) in [4.78, 5) is 35.5. The van der Waals surface area contributed by atoms with Gasteiger partial charge >= 0.3 is 12.1 Å². The van der Waals surface area contributed by atoms with Crippen molar-refractivity contribution in [2.24, 2.45) is 0 Å². The quantitative estimate of drug-likeness (QED) is 0.618.